The highest BCUT2D eigenvalue weighted by Crippen LogP contribution is 2.51. The molecule has 1 heterocycles. The third-order valence-corrected chi connectivity index (χ3v) is 3.50. The Morgan fingerprint density at radius 1 is 1.21 bits per heavy atom. The summed E-state index contributed by atoms with van der Waals surface area (Å²) < 4.78 is 0. The van der Waals surface area contributed by atoms with E-state index in [9.17, 15) is 5.11 Å². The number of aromatic nitrogens is 2. The van der Waals surface area contributed by atoms with Gasteiger partial charge in [-0.25, -0.2) is 9.97 Å². The Morgan fingerprint density at radius 2 is 1.86 bits per heavy atom. The number of hydrogen-bond donors (Lipinski definition) is 1. The van der Waals surface area contributed by atoms with E-state index < -0.39 is 5.60 Å². The summed E-state index contributed by atoms with van der Waals surface area (Å²) in [7, 11) is 0. The molecule has 1 aliphatic carbocycles. The first-order chi connectivity index (χ1) is 6.56. The molecule has 1 aliphatic rings. The molecular weight excluding hydrogens is 176 g/mol. The van der Waals surface area contributed by atoms with Crippen LogP contribution in [0.3, 0.4) is 0 Å². The molecule has 0 aliphatic heterocycles. The minimum atomic E-state index is -0.742. The van der Waals surface area contributed by atoms with E-state index >= 15 is 0 Å². The van der Waals surface area contributed by atoms with Crippen molar-refractivity contribution in [1.29, 1.82) is 0 Å². The van der Waals surface area contributed by atoms with E-state index in [1.807, 2.05) is 0 Å². The summed E-state index contributed by atoms with van der Waals surface area (Å²) in [6.45, 7) is 4.21. The van der Waals surface area contributed by atoms with E-state index in [-0.39, 0.29) is 5.41 Å². The molecule has 0 spiro atoms. The summed E-state index contributed by atoms with van der Waals surface area (Å²) in [4.78, 5) is 7.94. The van der Waals surface area contributed by atoms with Crippen LogP contribution < -0.4 is 0 Å². The third kappa shape index (κ3) is 1.23. The summed E-state index contributed by atoms with van der Waals surface area (Å²) in [5.74, 6) is 0. The molecule has 0 radical (unpaired) electrons. The van der Waals surface area contributed by atoms with E-state index in [4.69, 9.17) is 0 Å². The molecule has 1 fully saturated rings. The van der Waals surface area contributed by atoms with Crippen LogP contribution in [0.25, 0.3) is 0 Å². The van der Waals surface area contributed by atoms with Gasteiger partial charge in [0.15, 0.2) is 0 Å². The summed E-state index contributed by atoms with van der Waals surface area (Å²) in [5, 5.41) is 10.6. The molecule has 1 atom stereocenters. The molecule has 3 nitrogen and oxygen atoms in total. The van der Waals surface area contributed by atoms with E-state index in [0.29, 0.717) is 0 Å². The molecule has 76 valence electrons. The van der Waals surface area contributed by atoms with Crippen LogP contribution in [0.1, 0.15) is 38.7 Å². The second-order valence-corrected chi connectivity index (χ2v) is 4.72. The fourth-order valence-corrected chi connectivity index (χ4v) is 2.38. The lowest BCUT2D eigenvalue weighted by molar-refractivity contribution is -0.0490. The van der Waals surface area contributed by atoms with Gasteiger partial charge in [-0.3, -0.25) is 0 Å². The maximum absolute atomic E-state index is 10.6. The van der Waals surface area contributed by atoms with E-state index in [1.165, 1.54) is 6.33 Å². The zero-order valence-corrected chi connectivity index (χ0v) is 8.70. The van der Waals surface area contributed by atoms with Gasteiger partial charge in [-0.2, -0.15) is 0 Å². The van der Waals surface area contributed by atoms with Crippen molar-refractivity contribution in [3.63, 3.8) is 0 Å². The Balaban J connectivity index is 2.42. The number of nitrogens with zero attached hydrogens (tertiary/aromatic N) is 2. The largest absolute Gasteiger partial charge is 0.384 e. The summed E-state index contributed by atoms with van der Waals surface area (Å²) in [5.41, 5.74) is 0.0360. The van der Waals surface area contributed by atoms with Crippen molar-refractivity contribution in [2.75, 3.05) is 0 Å². The fourth-order valence-electron chi connectivity index (χ4n) is 2.38. The summed E-state index contributed by atoms with van der Waals surface area (Å²) in [6.07, 6.45) is 7.87. The molecule has 0 bridgehead atoms. The lowest BCUT2D eigenvalue weighted by atomic mass is 9.74. The number of hydrogen-bond acceptors (Lipinski definition) is 3. The molecule has 0 aromatic carbocycles. The summed E-state index contributed by atoms with van der Waals surface area (Å²) >= 11 is 0. The Kier molecular flexibility index (Phi) is 2.07. The van der Waals surface area contributed by atoms with Crippen LogP contribution in [0.2, 0.25) is 0 Å². The molecule has 1 aromatic rings. The molecule has 1 saturated carbocycles. The Hall–Kier alpha value is -0.960. The molecule has 0 saturated heterocycles. The number of rotatable bonds is 1. The predicted octanol–water partition coefficient (Wildman–Crippen LogP) is 1.87. The average Bonchev–Trinajstić information content (AvgIpc) is 2.44. The van der Waals surface area contributed by atoms with Gasteiger partial charge in [0, 0.05) is 18.0 Å². The maximum Gasteiger partial charge on any atom is 0.115 e. The fraction of sp³-hybridized carbons (Fsp3) is 0.636. The van der Waals surface area contributed by atoms with E-state index in [0.717, 1.165) is 24.8 Å². The van der Waals surface area contributed by atoms with Crippen molar-refractivity contribution in [1.82, 2.24) is 9.97 Å². The van der Waals surface area contributed by atoms with Crippen LogP contribution in [-0.4, -0.2) is 15.1 Å². The minimum absolute atomic E-state index is 0.0717. The van der Waals surface area contributed by atoms with Crippen molar-refractivity contribution in [3.8, 4) is 0 Å². The van der Waals surface area contributed by atoms with Crippen molar-refractivity contribution in [3.05, 3.63) is 24.3 Å². The molecule has 3 heteroatoms. The third-order valence-electron chi connectivity index (χ3n) is 3.50. The van der Waals surface area contributed by atoms with Gasteiger partial charge in [-0.05, 0) is 24.7 Å². The van der Waals surface area contributed by atoms with Crippen LogP contribution >= 0.6 is 0 Å². The highest BCUT2D eigenvalue weighted by molar-refractivity contribution is 5.20. The van der Waals surface area contributed by atoms with Crippen molar-refractivity contribution in [2.24, 2.45) is 5.41 Å². The first-order valence-electron chi connectivity index (χ1n) is 5.04. The average molecular weight is 192 g/mol. The van der Waals surface area contributed by atoms with Gasteiger partial charge in [-0.15, -0.1) is 0 Å². The molecule has 1 aromatic heterocycles. The lowest BCUT2D eigenvalue weighted by Gasteiger charge is -2.36. The van der Waals surface area contributed by atoms with Crippen LogP contribution in [0, 0.1) is 5.41 Å². The molecule has 0 amide bonds. The van der Waals surface area contributed by atoms with E-state index in [2.05, 4.69) is 23.8 Å². The molecule has 14 heavy (non-hydrogen) atoms. The summed E-state index contributed by atoms with van der Waals surface area (Å²) in [6, 6.07) is 0. The molecule has 1 unspecified atom stereocenters. The van der Waals surface area contributed by atoms with Crippen LogP contribution in [0.15, 0.2) is 18.7 Å². The first-order valence-corrected chi connectivity index (χ1v) is 5.04. The van der Waals surface area contributed by atoms with Gasteiger partial charge in [-0.1, -0.05) is 13.8 Å². The molecule has 1 N–H and O–H groups in total. The normalized spacial score (nSPS) is 30.5. The van der Waals surface area contributed by atoms with E-state index in [1.54, 1.807) is 12.4 Å². The van der Waals surface area contributed by atoms with Crippen LogP contribution in [0.5, 0.6) is 0 Å². The van der Waals surface area contributed by atoms with Gasteiger partial charge >= 0.3 is 0 Å². The predicted molar refractivity (Wildman–Crippen MR) is 53.6 cm³/mol. The first kappa shape index (κ1) is 9.59. The van der Waals surface area contributed by atoms with Gasteiger partial charge < -0.3 is 5.11 Å². The quantitative estimate of drug-likeness (QED) is 0.739. The Labute approximate surface area is 84.2 Å². The second kappa shape index (κ2) is 3.02. The molecular formula is C11H16N2O. The Bertz CT molecular complexity index is 323. The lowest BCUT2D eigenvalue weighted by Crippen LogP contribution is -2.37. The van der Waals surface area contributed by atoms with Gasteiger partial charge in [0.2, 0.25) is 0 Å². The highest BCUT2D eigenvalue weighted by Gasteiger charge is 2.48. The topological polar surface area (TPSA) is 46.0 Å². The van der Waals surface area contributed by atoms with Crippen molar-refractivity contribution in [2.45, 2.75) is 38.7 Å². The molecule has 2 rings (SSSR count). The van der Waals surface area contributed by atoms with Gasteiger partial charge in [0.05, 0.1) is 5.60 Å². The van der Waals surface area contributed by atoms with Crippen molar-refractivity contribution < 1.29 is 5.11 Å². The Morgan fingerprint density at radius 3 is 2.36 bits per heavy atom. The van der Waals surface area contributed by atoms with Crippen LogP contribution in [-0.2, 0) is 5.60 Å². The minimum Gasteiger partial charge on any atom is -0.384 e. The number of aliphatic hydroxyl groups is 1. The standard InChI is InChI=1S/C11H16N2O/c1-10(2)4-3-5-11(10,14)9-6-12-8-13-7-9/h6-8,14H,3-5H2,1-2H3. The van der Waals surface area contributed by atoms with Crippen molar-refractivity contribution >= 4 is 0 Å². The second-order valence-electron chi connectivity index (χ2n) is 4.72. The SMILES string of the molecule is CC1(C)CCCC1(O)c1cncnc1. The maximum atomic E-state index is 10.6. The van der Waals surface area contributed by atoms with Gasteiger partial charge in [0.1, 0.15) is 6.33 Å². The zero-order chi connectivity index (χ0) is 10.2. The van der Waals surface area contributed by atoms with Gasteiger partial charge in [0.25, 0.3) is 0 Å². The zero-order valence-electron chi connectivity index (χ0n) is 8.70. The highest BCUT2D eigenvalue weighted by atomic mass is 16.3. The van der Waals surface area contributed by atoms with Crippen LogP contribution in [0.4, 0.5) is 0 Å². The smallest absolute Gasteiger partial charge is 0.115 e. The monoisotopic (exact) mass is 192 g/mol.